The van der Waals surface area contributed by atoms with Gasteiger partial charge >= 0.3 is 0 Å². The average Bonchev–Trinajstić information content (AvgIpc) is 3.43. The molecule has 2 aromatic rings. The summed E-state index contributed by atoms with van der Waals surface area (Å²) >= 11 is 0. The van der Waals surface area contributed by atoms with E-state index in [-0.39, 0.29) is 11.0 Å². The van der Waals surface area contributed by atoms with Gasteiger partial charge in [0, 0.05) is 12.6 Å². The second-order valence-corrected chi connectivity index (χ2v) is 10.5. The highest BCUT2D eigenvalue weighted by Gasteiger charge is 2.62. The summed E-state index contributed by atoms with van der Waals surface area (Å²) in [6.07, 6.45) is 12.5. The standard InChI is InChI=1S/C25H32N4O2/c1-2-31-22-7-3-18(4-8-22)14-28(21-5-6-21)23(30)24-10-19-9-20(11-24)13-25(12-19,15-24)29-17-26-16-27-29/h3-4,7-8,16-17,19-21H,2,5-6,9-15H2,1H3/t19-,20-,24?,25?/m0/s1. The molecule has 1 amide bonds. The Morgan fingerprint density at radius 3 is 2.52 bits per heavy atom. The fourth-order valence-corrected chi connectivity index (χ4v) is 7.30. The first kappa shape index (κ1) is 19.3. The van der Waals surface area contributed by atoms with Crippen LogP contribution in [-0.2, 0) is 16.9 Å². The molecule has 4 bridgehead atoms. The molecule has 0 unspecified atom stereocenters. The maximum Gasteiger partial charge on any atom is 0.229 e. The van der Waals surface area contributed by atoms with Crippen molar-refractivity contribution in [3.63, 3.8) is 0 Å². The van der Waals surface area contributed by atoms with Gasteiger partial charge in [0.05, 0.1) is 17.6 Å². The third kappa shape index (κ3) is 3.26. The molecule has 1 heterocycles. The number of nitrogens with zero attached hydrogens (tertiary/aromatic N) is 4. The number of amides is 1. The van der Waals surface area contributed by atoms with Crippen LogP contribution in [0.4, 0.5) is 0 Å². The summed E-state index contributed by atoms with van der Waals surface area (Å²) in [7, 11) is 0. The van der Waals surface area contributed by atoms with Crippen LogP contribution in [0.15, 0.2) is 36.9 Å². The first-order valence-corrected chi connectivity index (χ1v) is 12.0. The Labute approximate surface area is 184 Å². The van der Waals surface area contributed by atoms with Crippen LogP contribution < -0.4 is 4.74 Å². The molecule has 7 rings (SSSR count). The number of carbonyl (C=O) groups is 1. The molecule has 0 saturated heterocycles. The van der Waals surface area contributed by atoms with Gasteiger partial charge in [-0.15, -0.1) is 0 Å². The number of ether oxygens (including phenoxy) is 1. The Balaban J connectivity index is 1.28. The van der Waals surface area contributed by atoms with Crippen LogP contribution in [0.25, 0.3) is 0 Å². The Hall–Kier alpha value is -2.37. The normalized spacial score (nSPS) is 33.5. The molecule has 0 N–H and O–H groups in total. The minimum absolute atomic E-state index is 0.00932. The predicted octanol–water partition coefficient (Wildman–Crippen LogP) is 4.16. The number of rotatable bonds is 7. The van der Waals surface area contributed by atoms with Crippen LogP contribution in [0.1, 0.15) is 63.9 Å². The zero-order valence-electron chi connectivity index (χ0n) is 18.4. The molecule has 0 radical (unpaired) electrons. The van der Waals surface area contributed by atoms with Gasteiger partial charge in [-0.3, -0.25) is 4.79 Å². The quantitative estimate of drug-likeness (QED) is 0.675. The maximum absolute atomic E-state index is 14.2. The molecule has 6 heteroatoms. The summed E-state index contributed by atoms with van der Waals surface area (Å²) < 4.78 is 7.69. The molecule has 0 spiro atoms. The first-order chi connectivity index (χ1) is 15.1. The van der Waals surface area contributed by atoms with Gasteiger partial charge in [-0.2, -0.15) is 5.10 Å². The first-order valence-electron chi connectivity index (χ1n) is 12.0. The van der Waals surface area contributed by atoms with E-state index < -0.39 is 0 Å². The van der Waals surface area contributed by atoms with Crippen LogP contribution >= 0.6 is 0 Å². The van der Waals surface area contributed by atoms with E-state index in [2.05, 4.69) is 31.8 Å². The van der Waals surface area contributed by atoms with E-state index in [1.807, 2.05) is 25.4 Å². The molecule has 164 valence electrons. The number of carbonyl (C=O) groups excluding carboxylic acids is 1. The summed E-state index contributed by atoms with van der Waals surface area (Å²) in [5, 5.41) is 4.55. The highest BCUT2D eigenvalue weighted by molar-refractivity contribution is 5.84. The smallest absolute Gasteiger partial charge is 0.229 e. The van der Waals surface area contributed by atoms with E-state index in [9.17, 15) is 4.79 Å². The fraction of sp³-hybridized carbons (Fsp3) is 0.640. The Kier molecular flexibility index (Phi) is 4.41. The number of benzene rings is 1. The number of aromatic nitrogens is 3. The van der Waals surface area contributed by atoms with Crippen LogP contribution in [0, 0.1) is 17.3 Å². The van der Waals surface area contributed by atoms with Crippen molar-refractivity contribution in [3.8, 4) is 5.75 Å². The van der Waals surface area contributed by atoms with Crippen molar-refractivity contribution < 1.29 is 9.53 Å². The number of hydrogen-bond donors (Lipinski definition) is 0. The van der Waals surface area contributed by atoms with E-state index in [4.69, 9.17) is 4.74 Å². The molecule has 5 aliphatic carbocycles. The minimum atomic E-state index is -0.218. The Morgan fingerprint density at radius 1 is 1.16 bits per heavy atom. The second-order valence-electron chi connectivity index (χ2n) is 10.5. The van der Waals surface area contributed by atoms with E-state index in [0.717, 1.165) is 50.7 Å². The topological polar surface area (TPSA) is 60.2 Å². The Morgan fingerprint density at radius 2 is 1.90 bits per heavy atom. The van der Waals surface area contributed by atoms with Gasteiger partial charge in [0.25, 0.3) is 0 Å². The van der Waals surface area contributed by atoms with Crippen molar-refractivity contribution in [1.82, 2.24) is 19.7 Å². The zero-order valence-corrected chi connectivity index (χ0v) is 18.4. The molecule has 6 nitrogen and oxygen atoms in total. The van der Waals surface area contributed by atoms with Crippen molar-refractivity contribution in [2.24, 2.45) is 17.3 Å². The summed E-state index contributed by atoms with van der Waals surface area (Å²) in [6, 6.07) is 8.70. The van der Waals surface area contributed by atoms with Crippen LogP contribution in [0.5, 0.6) is 5.75 Å². The summed E-state index contributed by atoms with van der Waals surface area (Å²) in [5.41, 5.74) is 0.966. The fourth-order valence-electron chi connectivity index (χ4n) is 7.30. The van der Waals surface area contributed by atoms with Gasteiger partial charge < -0.3 is 9.64 Å². The van der Waals surface area contributed by atoms with Gasteiger partial charge in [0.2, 0.25) is 5.91 Å². The summed E-state index contributed by atoms with van der Waals surface area (Å²) in [4.78, 5) is 20.7. The lowest BCUT2D eigenvalue weighted by molar-refractivity contribution is -0.168. The molecule has 2 atom stereocenters. The monoisotopic (exact) mass is 420 g/mol. The van der Waals surface area contributed by atoms with Crippen molar-refractivity contribution in [2.75, 3.05) is 6.61 Å². The summed E-state index contributed by atoms with van der Waals surface area (Å²) in [5.74, 6) is 2.58. The van der Waals surface area contributed by atoms with Crippen molar-refractivity contribution in [2.45, 2.75) is 76.4 Å². The van der Waals surface area contributed by atoms with E-state index in [1.165, 1.54) is 12.0 Å². The predicted molar refractivity (Wildman–Crippen MR) is 116 cm³/mol. The highest BCUT2D eigenvalue weighted by atomic mass is 16.5. The molecule has 31 heavy (non-hydrogen) atoms. The lowest BCUT2D eigenvalue weighted by Gasteiger charge is -2.61. The molecule has 5 saturated carbocycles. The minimum Gasteiger partial charge on any atom is -0.494 e. The van der Waals surface area contributed by atoms with Crippen molar-refractivity contribution >= 4 is 5.91 Å². The number of hydrogen-bond acceptors (Lipinski definition) is 4. The van der Waals surface area contributed by atoms with E-state index in [1.54, 1.807) is 6.33 Å². The van der Waals surface area contributed by atoms with Crippen molar-refractivity contribution in [1.29, 1.82) is 0 Å². The second kappa shape index (κ2) is 7.07. The lowest BCUT2D eigenvalue weighted by Crippen LogP contribution is -2.61. The van der Waals surface area contributed by atoms with E-state index in [0.29, 0.717) is 36.9 Å². The third-order valence-electron chi connectivity index (χ3n) is 8.22. The van der Waals surface area contributed by atoms with Crippen LogP contribution in [0.3, 0.4) is 0 Å². The lowest BCUT2D eigenvalue weighted by atomic mass is 9.46. The molecule has 1 aromatic carbocycles. The van der Waals surface area contributed by atoms with Gasteiger partial charge in [-0.25, -0.2) is 9.67 Å². The average molecular weight is 421 g/mol. The van der Waals surface area contributed by atoms with Gasteiger partial charge in [0.1, 0.15) is 18.4 Å². The van der Waals surface area contributed by atoms with Gasteiger partial charge in [0.15, 0.2) is 0 Å². The molecular formula is C25H32N4O2. The summed E-state index contributed by atoms with van der Waals surface area (Å²) in [6.45, 7) is 3.38. The SMILES string of the molecule is CCOc1ccc(CN(C(=O)C23C[C@@H]4C[C@@H](C2)CC(n2cncn2)(C4)C3)C2CC2)cc1. The van der Waals surface area contributed by atoms with Crippen LogP contribution in [0.2, 0.25) is 0 Å². The third-order valence-corrected chi connectivity index (χ3v) is 8.22. The van der Waals surface area contributed by atoms with Crippen LogP contribution in [-0.4, -0.2) is 38.2 Å². The maximum atomic E-state index is 14.2. The molecular weight excluding hydrogens is 388 g/mol. The molecule has 0 aliphatic heterocycles. The largest absolute Gasteiger partial charge is 0.494 e. The van der Waals surface area contributed by atoms with Gasteiger partial charge in [-0.1, -0.05) is 12.1 Å². The highest BCUT2D eigenvalue weighted by Crippen LogP contribution is 2.64. The van der Waals surface area contributed by atoms with E-state index >= 15 is 0 Å². The molecule has 5 aliphatic rings. The van der Waals surface area contributed by atoms with Crippen molar-refractivity contribution in [3.05, 3.63) is 42.5 Å². The Bertz CT molecular complexity index is 936. The molecule has 5 fully saturated rings. The molecule has 1 aromatic heterocycles. The zero-order chi connectivity index (χ0) is 21.1. The van der Waals surface area contributed by atoms with Gasteiger partial charge in [-0.05, 0) is 87.8 Å².